The molecule has 1 N–H and O–H groups in total. The van der Waals surface area contributed by atoms with Gasteiger partial charge in [-0.15, -0.1) is 11.3 Å². The summed E-state index contributed by atoms with van der Waals surface area (Å²) in [5.74, 6) is 0.569. The highest BCUT2D eigenvalue weighted by molar-refractivity contribution is 9.10. The molecule has 0 spiro atoms. The van der Waals surface area contributed by atoms with Crippen molar-refractivity contribution in [3.63, 3.8) is 0 Å². The predicted molar refractivity (Wildman–Crippen MR) is 86.3 cm³/mol. The average molecular weight is 363 g/mol. The Kier molecular flexibility index (Phi) is 4.17. The van der Waals surface area contributed by atoms with Gasteiger partial charge in [0.2, 0.25) is 5.91 Å². The third-order valence-electron chi connectivity index (χ3n) is 2.79. The zero-order valence-corrected chi connectivity index (χ0v) is 13.3. The molecule has 2 heterocycles. The van der Waals surface area contributed by atoms with Crippen molar-refractivity contribution >= 4 is 38.9 Å². The van der Waals surface area contributed by atoms with Crippen LogP contribution < -0.4 is 5.32 Å². The molecule has 0 aliphatic heterocycles. The number of anilines is 1. The SMILES string of the molecule is O=C(Cc1cc(-c2cccs2)on1)Nc1ccc(Br)cc1. The summed E-state index contributed by atoms with van der Waals surface area (Å²) in [4.78, 5) is 13.0. The van der Waals surface area contributed by atoms with E-state index in [9.17, 15) is 4.79 Å². The second-order valence-corrected chi connectivity index (χ2v) is 6.26. The third kappa shape index (κ3) is 3.59. The molecule has 2 aromatic heterocycles. The molecule has 4 nitrogen and oxygen atoms in total. The predicted octanol–water partition coefficient (Wildman–Crippen LogP) is 4.35. The number of aromatic nitrogens is 1. The molecule has 6 heteroatoms. The molecule has 0 atom stereocenters. The number of amides is 1. The second-order valence-electron chi connectivity index (χ2n) is 4.39. The molecule has 0 aliphatic carbocycles. The Labute approximate surface area is 133 Å². The van der Waals surface area contributed by atoms with Crippen LogP contribution in [-0.4, -0.2) is 11.1 Å². The van der Waals surface area contributed by atoms with E-state index in [1.807, 2.05) is 41.8 Å². The Morgan fingerprint density at radius 1 is 1.29 bits per heavy atom. The molecular weight excluding hydrogens is 352 g/mol. The van der Waals surface area contributed by atoms with E-state index < -0.39 is 0 Å². The number of thiophene rings is 1. The van der Waals surface area contributed by atoms with Gasteiger partial charge in [0.05, 0.1) is 17.0 Å². The fourth-order valence-electron chi connectivity index (χ4n) is 1.83. The van der Waals surface area contributed by atoms with E-state index >= 15 is 0 Å². The van der Waals surface area contributed by atoms with Crippen LogP contribution in [0.3, 0.4) is 0 Å². The quantitative estimate of drug-likeness (QED) is 0.750. The zero-order valence-electron chi connectivity index (χ0n) is 10.9. The number of hydrogen-bond acceptors (Lipinski definition) is 4. The van der Waals surface area contributed by atoms with Crippen LogP contribution in [0.15, 0.2) is 56.8 Å². The molecule has 0 aliphatic rings. The van der Waals surface area contributed by atoms with E-state index in [1.54, 1.807) is 17.4 Å². The van der Waals surface area contributed by atoms with Crippen molar-refractivity contribution < 1.29 is 9.32 Å². The largest absolute Gasteiger partial charge is 0.355 e. The van der Waals surface area contributed by atoms with Crippen molar-refractivity contribution in [2.24, 2.45) is 0 Å². The lowest BCUT2D eigenvalue weighted by atomic mass is 10.2. The molecule has 0 radical (unpaired) electrons. The van der Waals surface area contributed by atoms with E-state index in [4.69, 9.17) is 4.52 Å². The van der Waals surface area contributed by atoms with Crippen molar-refractivity contribution in [3.05, 3.63) is 58.0 Å². The van der Waals surface area contributed by atoms with Crippen molar-refractivity contribution in [1.82, 2.24) is 5.16 Å². The maximum atomic E-state index is 12.0. The van der Waals surface area contributed by atoms with Gasteiger partial charge in [-0.05, 0) is 35.7 Å². The van der Waals surface area contributed by atoms with Crippen molar-refractivity contribution in [2.45, 2.75) is 6.42 Å². The smallest absolute Gasteiger partial charge is 0.230 e. The van der Waals surface area contributed by atoms with Crippen LogP contribution in [0, 0.1) is 0 Å². The third-order valence-corrected chi connectivity index (χ3v) is 4.21. The summed E-state index contributed by atoms with van der Waals surface area (Å²) in [7, 11) is 0. The fraction of sp³-hybridized carbons (Fsp3) is 0.0667. The number of nitrogens with zero attached hydrogens (tertiary/aromatic N) is 1. The molecule has 3 aromatic rings. The van der Waals surface area contributed by atoms with Crippen LogP contribution in [0.25, 0.3) is 10.6 Å². The lowest BCUT2D eigenvalue weighted by molar-refractivity contribution is -0.115. The lowest BCUT2D eigenvalue weighted by Crippen LogP contribution is -2.14. The van der Waals surface area contributed by atoms with Crippen LogP contribution in [0.1, 0.15) is 5.69 Å². The summed E-state index contributed by atoms with van der Waals surface area (Å²) in [5.41, 5.74) is 1.37. The first-order chi connectivity index (χ1) is 10.2. The number of halogens is 1. The molecule has 0 bridgehead atoms. The number of rotatable bonds is 4. The van der Waals surface area contributed by atoms with Gasteiger partial charge in [-0.3, -0.25) is 4.79 Å². The summed E-state index contributed by atoms with van der Waals surface area (Å²) in [6, 6.07) is 13.1. The number of carbonyl (C=O) groups excluding carboxylic acids is 1. The number of carbonyl (C=O) groups is 1. The summed E-state index contributed by atoms with van der Waals surface area (Å²) in [6.07, 6.45) is 0.185. The Hall–Kier alpha value is -1.92. The van der Waals surface area contributed by atoms with Gasteiger partial charge in [0.1, 0.15) is 0 Å². The Morgan fingerprint density at radius 3 is 2.81 bits per heavy atom. The van der Waals surface area contributed by atoms with Gasteiger partial charge in [-0.1, -0.05) is 27.2 Å². The van der Waals surface area contributed by atoms with Gasteiger partial charge in [-0.25, -0.2) is 0 Å². The van der Waals surface area contributed by atoms with Crippen LogP contribution in [0.4, 0.5) is 5.69 Å². The molecule has 0 saturated heterocycles. The molecule has 0 unspecified atom stereocenters. The molecule has 1 amide bonds. The number of benzene rings is 1. The van der Waals surface area contributed by atoms with Crippen molar-refractivity contribution in [3.8, 4) is 10.6 Å². The first-order valence-electron chi connectivity index (χ1n) is 6.25. The fourth-order valence-corrected chi connectivity index (χ4v) is 2.77. The highest BCUT2D eigenvalue weighted by atomic mass is 79.9. The summed E-state index contributed by atoms with van der Waals surface area (Å²) >= 11 is 4.93. The summed E-state index contributed by atoms with van der Waals surface area (Å²) in [5, 5.41) is 8.72. The van der Waals surface area contributed by atoms with Crippen LogP contribution in [0.2, 0.25) is 0 Å². The minimum absolute atomic E-state index is 0.122. The molecular formula is C15H11BrN2O2S. The monoisotopic (exact) mass is 362 g/mol. The first kappa shape index (κ1) is 14.0. The minimum Gasteiger partial charge on any atom is -0.355 e. The van der Waals surface area contributed by atoms with E-state index in [-0.39, 0.29) is 12.3 Å². The minimum atomic E-state index is -0.122. The first-order valence-corrected chi connectivity index (χ1v) is 7.93. The van der Waals surface area contributed by atoms with E-state index in [0.29, 0.717) is 11.5 Å². The van der Waals surface area contributed by atoms with E-state index in [1.165, 1.54) is 0 Å². The Bertz CT molecular complexity index is 735. The van der Waals surface area contributed by atoms with Crippen LogP contribution in [-0.2, 0) is 11.2 Å². The average Bonchev–Trinajstić information content (AvgIpc) is 3.12. The van der Waals surface area contributed by atoms with Crippen LogP contribution >= 0.6 is 27.3 Å². The standard InChI is InChI=1S/C15H11BrN2O2S/c16-10-3-5-11(6-4-10)17-15(19)9-12-8-13(20-18-12)14-2-1-7-21-14/h1-8H,9H2,(H,17,19). The van der Waals surface area contributed by atoms with Crippen molar-refractivity contribution in [2.75, 3.05) is 5.32 Å². The molecule has 1 aromatic carbocycles. The summed E-state index contributed by atoms with van der Waals surface area (Å²) in [6.45, 7) is 0. The van der Waals surface area contributed by atoms with Gasteiger partial charge in [0.15, 0.2) is 5.76 Å². The highest BCUT2D eigenvalue weighted by Gasteiger charge is 2.11. The van der Waals surface area contributed by atoms with Gasteiger partial charge in [0, 0.05) is 16.2 Å². The topological polar surface area (TPSA) is 55.1 Å². The van der Waals surface area contributed by atoms with Gasteiger partial charge < -0.3 is 9.84 Å². The molecule has 106 valence electrons. The molecule has 3 rings (SSSR count). The molecule has 0 fully saturated rings. The lowest BCUT2D eigenvalue weighted by Gasteiger charge is -2.03. The molecule has 21 heavy (non-hydrogen) atoms. The van der Waals surface area contributed by atoms with Gasteiger partial charge >= 0.3 is 0 Å². The Morgan fingerprint density at radius 2 is 2.10 bits per heavy atom. The molecule has 0 saturated carbocycles. The normalized spacial score (nSPS) is 10.5. The number of nitrogens with one attached hydrogen (secondary N) is 1. The summed E-state index contributed by atoms with van der Waals surface area (Å²) < 4.78 is 6.22. The van der Waals surface area contributed by atoms with Gasteiger partial charge in [-0.2, -0.15) is 0 Å². The number of hydrogen-bond donors (Lipinski definition) is 1. The Balaban J connectivity index is 1.64. The second kappa shape index (κ2) is 6.24. The highest BCUT2D eigenvalue weighted by Crippen LogP contribution is 2.25. The maximum Gasteiger partial charge on any atom is 0.230 e. The van der Waals surface area contributed by atoms with Crippen molar-refractivity contribution in [1.29, 1.82) is 0 Å². The van der Waals surface area contributed by atoms with E-state index in [2.05, 4.69) is 26.4 Å². The maximum absolute atomic E-state index is 12.0. The zero-order chi connectivity index (χ0) is 14.7. The van der Waals surface area contributed by atoms with Crippen LogP contribution in [0.5, 0.6) is 0 Å². The van der Waals surface area contributed by atoms with Gasteiger partial charge in [0.25, 0.3) is 0 Å². The van der Waals surface area contributed by atoms with E-state index in [0.717, 1.165) is 15.0 Å².